The molecule has 0 heterocycles. The fourth-order valence-electron chi connectivity index (χ4n) is 1.66. The van der Waals surface area contributed by atoms with E-state index in [2.05, 4.69) is 0 Å². The lowest BCUT2D eigenvalue weighted by Gasteiger charge is -2.13. The first-order valence-corrected chi connectivity index (χ1v) is 6.98. The van der Waals surface area contributed by atoms with Crippen LogP contribution in [0.4, 0.5) is 4.39 Å². The minimum Gasteiger partial charge on any atom is -0.207 e. The van der Waals surface area contributed by atoms with Gasteiger partial charge in [-0.05, 0) is 23.8 Å². The lowest BCUT2D eigenvalue weighted by atomic mass is 10.0. The van der Waals surface area contributed by atoms with E-state index in [9.17, 15) is 4.39 Å². The van der Waals surface area contributed by atoms with Crippen LogP contribution in [0.1, 0.15) is 5.56 Å². The summed E-state index contributed by atoms with van der Waals surface area (Å²) < 4.78 is 13.5. The molecule has 0 N–H and O–H groups in total. The second-order valence-electron chi connectivity index (χ2n) is 3.79. The number of benzene rings is 2. The van der Waals surface area contributed by atoms with Crippen molar-refractivity contribution in [3.8, 4) is 17.2 Å². The Morgan fingerprint density at radius 3 is 1.80 bits per heavy atom. The number of nitriles is 1. The van der Waals surface area contributed by atoms with Gasteiger partial charge in [-0.25, -0.2) is 4.39 Å². The van der Waals surface area contributed by atoms with Gasteiger partial charge in [0.1, 0.15) is 5.82 Å². The molecular formula is C13H3Cl5FN. The predicted molar refractivity (Wildman–Crippen MR) is 81.6 cm³/mol. The molecule has 0 aliphatic heterocycles. The minimum absolute atomic E-state index is 0.0144. The van der Waals surface area contributed by atoms with Crippen LogP contribution in [0.2, 0.25) is 25.1 Å². The Bertz CT molecular complexity index is 722. The van der Waals surface area contributed by atoms with Gasteiger partial charge in [0.2, 0.25) is 0 Å². The molecule has 1 nitrogen and oxygen atoms in total. The molecule has 0 saturated carbocycles. The van der Waals surface area contributed by atoms with Gasteiger partial charge in [0, 0.05) is 5.56 Å². The van der Waals surface area contributed by atoms with E-state index in [0.717, 1.165) is 6.07 Å². The van der Waals surface area contributed by atoms with Gasteiger partial charge in [0.15, 0.2) is 0 Å². The van der Waals surface area contributed by atoms with Crippen molar-refractivity contribution in [2.24, 2.45) is 0 Å². The van der Waals surface area contributed by atoms with Crippen LogP contribution in [0.3, 0.4) is 0 Å². The second-order valence-corrected chi connectivity index (χ2v) is 5.68. The average molecular weight is 369 g/mol. The van der Waals surface area contributed by atoms with E-state index in [-0.39, 0.29) is 41.8 Å². The molecule has 2 rings (SSSR count). The third kappa shape index (κ3) is 2.70. The average Bonchev–Trinajstić information content (AvgIpc) is 2.42. The minimum atomic E-state index is -0.603. The Hall–Kier alpha value is -0.690. The van der Waals surface area contributed by atoms with Crippen LogP contribution in [-0.4, -0.2) is 0 Å². The molecule has 0 fully saturated rings. The van der Waals surface area contributed by atoms with Gasteiger partial charge < -0.3 is 0 Å². The third-order valence-corrected chi connectivity index (χ3v) is 4.80. The van der Waals surface area contributed by atoms with Gasteiger partial charge >= 0.3 is 0 Å². The van der Waals surface area contributed by atoms with E-state index in [1.165, 1.54) is 12.1 Å². The second kappa shape index (κ2) is 5.97. The van der Waals surface area contributed by atoms with E-state index in [1.807, 2.05) is 6.07 Å². The molecule has 2 aromatic carbocycles. The zero-order valence-electron chi connectivity index (χ0n) is 9.45. The van der Waals surface area contributed by atoms with Crippen molar-refractivity contribution < 1.29 is 4.39 Å². The number of hydrogen-bond donors (Lipinski definition) is 0. The maximum atomic E-state index is 13.5. The van der Waals surface area contributed by atoms with Crippen LogP contribution in [0.5, 0.6) is 0 Å². The van der Waals surface area contributed by atoms with Gasteiger partial charge in [-0.15, -0.1) is 0 Å². The van der Waals surface area contributed by atoms with E-state index >= 15 is 0 Å². The Morgan fingerprint density at radius 1 is 0.800 bits per heavy atom. The highest BCUT2D eigenvalue weighted by atomic mass is 35.5. The summed E-state index contributed by atoms with van der Waals surface area (Å²) in [5, 5.41) is 9.00. The summed E-state index contributed by atoms with van der Waals surface area (Å²) in [4.78, 5) is 0. The summed E-state index contributed by atoms with van der Waals surface area (Å²) in [5.74, 6) is -0.603. The first-order chi connectivity index (χ1) is 9.36. The van der Waals surface area contributed by atoms with Crippen LogP contribution < -0.4 is 0 Å². The van der Waals surface area contributed by atoms with Gasteiger partial charge in [0.05, 0.1) is 36.7 Å². The maximum Gasteiger partial charge on any atom is 0.125 e. The molecule has 0 aliphatic carbocycles. The number of hydrogen-bond acceptors (Lipinski definition) is 1. The molecule has 0 amide bonds. The first-order valence-electron chi connectivity index (χ1n) is 5.09. The molecule has 0 unspecified atom stereocenters. The molecule has 0 atom stereocenters. The first kappa shape index (κ1) is 15.7. The molecule has 0 radical (unpaired) electrons. The van der Waals surface area contributed by atoms with Gasteiger partial charge in [-0.3, -0.25) is 0 Å². The van der Waals surface area contributed by atoms with Crippen molar-refractivity contribution in [3.63, 3.8) is 0 Å². The summed E-state index contributed by atoms with van der Waals surface area (Å²) in [6.07, 6.45) is 0. The Morgan fingerprint density at radius 2 is 1.30 bits per heavy atom. The Labute approximate surface area is 139 Å². The molecular weight excluding hydrogens is 366 g/mol. The molecule has 2 aromatic rings. The van der Waals surface area contributed by atoms with Crippen LogP contribution >= 0.6 is 58.0 Å². The summed E-state index contributed by atoms with van der Waals surface area (Å²) >= 11 is 30.0. The summed E-state index contributed by atoms with van der Waals surface area (Å²) in [7, 11) is 0. The monoisotopic (exact) mass is 367 g/mol. The SMILES string of the molecule is N#Cc1cc(F)cc(-c2c(Cl)c(Cl)c(Cl)c(Cl)c2Cl)c1. The molecule has 0 saturated heterocycles. The maximum absolute atomic E-state index is 13.5. The highest BCUT2D eigenvalue weighted by Gasteiger charge is 2.21. The van der Waals surface area contributed by atoms with Crippen LogP contribution in [0.15, 0.2) is 18.2 Å². The van der Waals surface area contributed by atoms with Crippen molar-refractivity contribution in [2.45, 2.75) is 0 Å². The number of nitrogens with zero attached hydrogens (tertiary/aromatic N) is 1. The lowest BCUT2D eigenvalue weighted by molar-refractivity contribution is 0.628. The lowest BCUT2D eigenvalue weighted by Crippen LogP contribution is -1.89. The molecule has 7 heteroatoms. The molecule has 0 aromatic heterocycles. The smallest absolute Gasteiger partial charge is 0.125 e. The van der Waals surface area contributed by atoms with Crippen LogP contribution in [0, 0.1) is 17.1 Å². The van der Waals surface area contributed by atoms with Crippen molar-refractivity contribution in [1.29, 1.82) is 5.26 Å². The summed E-state index contributed by atoms with van der Waals surface area (Å²) in [5.41, 5.74) is 0.634. The third-order valence-electron chi connectivity index (χ3n) is 2.53. The van der Waals surface area contributed by atoms with Crippen LogP contribution in [0.25, 0.3) is 11.1 Å². The topological polar surface area (TPSA) is 23.8 Å². The van der Waals surface area contributed by atoms with Crippen molar-refractivity contribution in [3.05, 3.63) is 54.7 Å². The van der Waals surface area contributed by atoms with Crippen molar-refractivity contribution in [2.75, 3.05) is 0 Å². The van der Waals surface area contributed by atoms with Gasteiger partial charge in [-0.1, -0.05) is 58.0 Å². The van der Waals surface area contributed by atoms with E-state index in [4.69, 9.17) is 63.3 Å². The Balaban J connectivity index is 2.84. The van der Waals surface area contributed by atoms with Crippen LogP contribution in [-0.2, 0) is 0 Å². The molecule has 102 valence electrons. The molecule has 0 bridgehead atoms. The molecule has 20 heavy (non-hydrogen) atoms. The highest BCUT2D eigenvalue weighted by molar-refractivity contribution is 6.56. The highest BCUT2D eigenvalue weighted by Crippen LogP contribution is 2.48. The Kier molecular flexibility index (Phi) is 4.69. The normalized spacial score (nSPS) is 10.4. The van der Waals surface area contributed by atoms with Gasteiger partial charge in [0.25, 0.3) is 0 Å². The number of halogens is 6. The molecule has 0 aliphatic rings. The van der Waals surface area contributed by atoms with E-state index in [1.54, 1.807) is 0 Å². The fourth-order valence-corrected chi connectivity index (χ4v) is 3.01. The summed E-state index contributed by atoms with van der Waals surface area (Å²) in [6.45, 7) is 0. The number of rotatable bonds is 1. The molecule has 0 spiro atoms. The quantitative estimate of drug-likeness (QED) is 0.409. The zero-order valence-corrected chi connectivity index (χ0v) is 13.2. The van der Waals surface area contributed by atoms with Crippen molar-refractivity contribution in [1.82, 2.24) is 0 Å². The zero-order chi connectivity index (χ0) is 15.0. The largest absolute Gasteiger partial charge is 0.207 e. The standard InChI is InChI=1S/C13H3Cl5FN/c14-9-8(10(15)12(17)13(18)11(9)16)6-1-5(4-20)2-7(19)3-6/h1-3H. The van der Waals surface area contributed by atoms with E-state index < -0.39 is 5.82 Å². The van der Waals surface area contributed by atoms with Crippen molar-refractivity contribution >= 4 is 58.0 Å². The predicted octanol–water partition coefficient (Wildman–Crippen LogP) is 6.63. The summed E-state index contributed by atoms with van der Waals surface area (Å²) in [6, 6.07) is 5.53. The van der Waals surface area contributed by atoms with E-state index in [0.29, 0.717) is 0 Å². The van der Waals surface area contributed by atoms with Gasteiger partial charge in [-0.2, -0.15) is 5.26 Å². The fraction of sp³-hybridized carbons (Fsp3) is 0.